The number of piperazine rings is 1. The Kier molecular flexibility index (Phi) is 4.98. The van der Waals surface area contributed by atoms with E-state index >= 15 is 0 Å². The third-order valence-corrected chi connectivity index (χ3v) is 3.80. The van der Waals surface area contributed by atoms with Crippen molar-refractivity contribution in [3.8, 4) is 0 Å². The number of aromatic nitrogens is 2. The lowest BCUT2D eigenvalue weighted by atomic mass is 10.1. The summed E-state index contributed by atoms with van der Waals surface area (Å²) < 4.78 is 0. The maximum Gasteiger partial charge on any atom is 0.242 e. The first-order valence-electron chi connectivity index (χ1n) is 7.74. The van der Waals surface area contributed by atoms with Crippen LogP contribution in [0, 0.1) is 6.92 Å². The maximum absolute atomic E-state index is 11.9. The van der Waals surface area contributed by atoms with Crippen LogP contribution in [0.2, 0.25) is 0 Å². The average Bonchev–Trinajstić information content (AvgIpc) is 2.49. The lowest BCUT2D eigenvalue weighted by Gasteiger charge is -2.35. The van der Waals surface area contributed by atoms with Gasteiger partial charge in [-0.15, -0.1) is 0 Å². The predicted octanol–water partition coefficient (Wildman–Crippen LogP) is 1.49. The summed E-state index contributed by atoms with van der Waals surface area (Å²) in [5, 5.41) is 6.25. The van der Waals surface area contributed by atoms with Gasteiger partial charge in [-0.25, -0.2) is 9.97 Å². The third-order valence-electron chi connectivity index (χ3n) is 3.80. The van der Waals surface area contributed by atoms with Crippen LogP contribution in [-0.4, -0.2) is 41.6 Å². The summed E-state index contributed by atoms with van der Waals surface area (Å²) in [4.78, 5) is 23.2. The first-order valence-corrected chi connectivity index (χ1v) is 7.74. The molecule has 1 amide bonds. The van der Waals surface area contributed by atoms with E-state index in [1.54, 1.807) is 0 Å². The molecule has 1 aromatic heterocycles. The molecule has 0 bridgehead atoms. The number of hydrogen-bond acceptors (Lipinski definition) is 5. The number of rotatable bonds is 5. The van der Waals surface area contributed by atoms with Crippen molar-refractivity contribution in [2.45, 2.75) is 46.6 Å². The maximum atomic E-state index is 11.9. The number of carbonyl (C=O) groups is 1. The van der Waals surface area contributed by atoms with Crippen LogP contribution in [0.4, 0.5) is 11.6 Å². The van der Waals surface area contributed by atoms with E-state index in [0.29, 0.717) is 6.54 Å². The minimum Gasteiger partial charge on any atom is -0.370 e. The molecule has 0 spiro atoms. The lowest BCUT2D eigenvalue weighted by Crippen LogP contribution is -2.54. The van der Waals surface area contributed by atoms with Crippen LogP contribution in [0.15, 0.2) is 0 Å². The van der Waals surface area contributed by atoms with Crippen molar-refractivity contribution in [2.75, 3.05) is 29.9 Å². The van der Waals surface area contributed by atoms with Crippen LogP contribution in [0.3, 0.4) is 0 Å². The normalized spacial score (nSPS) is 18.6. The minimum atomic E-state index is -0.198. The van der Waals surface area contributed by atoms with E-state index in [2.05, 4.69) is 32.4 Å². The first-order chi connectivity index (χ1) is 10.1. The van der Waals surface area contributed by atoms with Gasteiger partial charge in [0.05, 0.1) is 0 Å². The molecular weight excluding hydrogens is 266 g/mol. The number of nitrogens with zero attached hydrogens (tertiary/aromatic N) is 3. The molecule has 6 heteroatoms. The van der Waals surface area contributed by atoms with Crippen LogP contribution in [-0.2, 0) is 11.2 Å². The topological polar surface area (TPSA) is 70.2 Å². The highest BCUT2D eigenvalue weighted by molar-refractivity contribution is 5.86. The van der Waals surface area contributed by atoms with Gasteiger partial charge < -0.3 is 15.5 Å². The van der Waals surface area contributed by atoms with E-state index in [4.69, 9.17) is 0 Å². The van der Waals surface area contributed by atoms with Crippen molar-refractivity contribution in [1.29, 1.82) is 0 Å². The Bertz CT molecular complexity index is 517. The molecule has 1 aliphatic rings. The lowest BCUT2D eigenvalue weighted by molar-refractivity contribution is -0.122. The van der Waals surface area contributed by atoms with E-state index in [1.807, 2.05) is 20.8 Å². The standard InChI is InChI=1S/C15H25N5O/c1-5-7-16-13-10(3)14(19-12(6-2)18-13)20-9-8-17-15(21)11(20)4/h11H,5-9H2,1-4H3,(H,17,21)(H,16,18,19). The van der Waals surface area contributed by atoms with Crippen LogP contribution < -0.4 is 15.5 Å². The van der Waals surface area contributed by atoms with Gasteiger partial charge in [0.1, 0.15) is 23.5 Å². The van der Waals surface area contributed by atoms with Crippen LogP contribution in [0.25, 0.3) is 0 Å². The van der Waals surface area contributed by atoms with Crippen molar-refractivity contribution in [1.82, 2.24) is 15.3 Å². The van der Waals surface area contributed by atoms with Crippen LogP contribution in [0.5, 0.6) is 0 Å². The average molecular weight is 291 g/mol. The Labute approximate surface area is 126 Å². The molecule has 1 aliphatic heterocycles. The van der Waals surface area contributed by atoms with E-state index in [0.717, 1.165) is 49.0 Å². The van der Waals surface area contributed by atoms with E-state index in [1.165, 1.54) is 0 Å². The van der Waals surface area contributed by atoms with Gasteiger partial charge in [0.15, 0.2) is 0 Å². The second kappa shape index (κ2) is 6.74. The highest BCUT2D eigenvalue weighted by Crippen LogP contribution is 2.26. The Hall–Kier alpha value is -1.85. The molecule has 1 atom stereocenters. The third kappa shape index (κ3) is 3.25. The number of amides is 1. The molecule has 1 fully saturated rings. The zero-order valence-corrected chi connectivity index (χ0v) is 13.4. The van der Waals surface area contributed by atoms with Gasteiger partial charge >= 0.3 is 0 Å². The van der Waals surface area contributed by atoms with Gasteiger partial charge in [-0.05, 0) is 20.3 Å². The van der Waals surface area contributed by atoms with E-state index in [-0.39, 0.29) is 11.9 Å². The summed E-state index contributed by atoms with van der Waals surface area (Å²) >= 11 is 0. The summed E-state index contributed by atoms with van der Waals surface area (Å²) in [7, 11) is 0. The number of carbonyl (C=O) groups excluding carboxylic acids is 1. The molecule has 6 nitrogen and oxygen atoms in total. The van der Waals surface area contributed by atoms with Crippen LogP contribution in [0.1, 0.15) is 38.6 Å². The minimum absolute atomic E-state index is 0.0559. The fourth-order valence-electron chi connectivity index (χ4n) is 2.47. The molecular formula is C15H25N5O. The van der Waals surface area contributed by atoms with Crippen molar-refractivity contribution in [2.24, 2.45) is 0 Å². The Morgan fingerprint density at radius 3 is 2.81 bits per heavy atom. The van der Waals surface area contributed by atoms with Crippen molar-refractivity contribution in [3.05, 3.63) is 11.4 Å². The highest BCUT2D eigenvalue weighted by atomic mass is 16.2. The molecule has 0 radical (unpaired) electrons. The number of nitrogens with one attached hydrogen (secondary N) is 2. The predicted molar refractivity (Wildman–Crippen MR) is 84.7 cm³/mol. The van der Waals surface area contributed by atoms with Gasteiger partial charge in [0.2, 0.25) is 5.91 Å². The molecule has 2 rings (SSSR count). The Balaban J connectivity index is 2.39. The van der Waals surface area contributed by atoms with Gasteiger partial charge in [0.25, 0.3) is 0 Å². The van der Waals surface area contributed by atoms with Crippen molar-refractivity contribution in [3.63, 3.8) is 0 Å². The fraction of sp³-hybridized carbons (Fsp3) is 0.667. The molecule has 0 aliphatic carbocycles. The smallest absolute Gasteiger partial charge is 0.242 e. The summed E-state index contributed by atoms with van der Waals surface area (Å²) in [6.07, 6.45) is 1.82. The zero-order valence-electron chi connectivity index (χ0n) is 13.4. The molecule has 116 valence electrons. The number of hydrogen-bond donors (Lipinski definition) is 2. The van der Waals surface area contributed by atoms with Gasteiger partial charge in [-0.3, -0.25) is 4.79 Å². The zero-order chi connectivity index (χ0) is 15.4. The Morgan fingerprint density at radius 1 is 1.38 bits per heavy atom. The fourth-order valence-corrected chi connectivity index (χ4v) is 2.47. The molecule has 1 unspecified atom stereocenters. The highest BCUT2D eigenvalue weighted by Gasteiger charge is 2.28. The van der Waals surface area contributed by atoms with Gasteiger partial charge in [-0.2, -0.15) is 0 Å². The molecule has 1 aromatic rings. The van der Waals surface area contributed by atoms with Crippen molar-refractivity contribution < 1.29 is 4.79 Å². The number of anilines is 2. The Morgan fingerprint density at radius 2 is 2.14 bits per heavy atom. The number of aryl methyl sites for hydroxylation is 1. The summed E-state index contributed by atoms with van der Waals surface area (Å²) in [6, 6.07) is -0.198. The van der Waals surface area contributed by atoms with Crippen LogP contribution >= 0.6 is 0 Å². The molecule has 0 aromatic carbocycles. The van der Waals surface area contributed by atoms with Gasteiger partial charge in [-0.1, -0.05) is 13.8 Å². The summed E-state index contributed by atoms with van der Waals surface area (Å²) in [5.74, 6) is 2.63. The largest absolute Gasteiger partial charge is 0.370 e. The molecule has 1 saturated heterocycles. The van der Waals surface area contributed by atoms with E-state index in [9.17, 15) is 4.79 Å². The molecule has 21 heavy (non-hydrogen) atoms. The summed E-state index contributed by atoms with van der Waals surface area (Å²) in [5.41, 5.74) is 1.02. The molecule has 2 heterocycles. The van der Waals surface area contributed by atoms with Gasteiger partial charge in [0, 0.05) is 31.6 Å². The quantitative estimate of drug-likeness (QED) is 0.860. The second-order valence-electron chi connectivity index (χ2n) is 5.38. The SMILES string of the molecule is CCCNc1nc(CC)nc(N2CCNC(=O)C2C)c1C. The van der Waals surface area contributed by atoms with Crippen molar-refractivity contribution >= 4 is 17.5 Å². The summed E-state index contributed by atoms with van der Waals surface area (Å²) in [6.45, 7) is 10.4. The van der Waals surface area contributed by atoms with E-state index < -0.39 is 0 Å². The molecule has 2 N–H and O–H groups in total. The first kappa shape index (κ1) is 15.5. The monoisotopic (exact) mass is 291 g/mol. The molecule has 0 saturated carbocycles. The second-order valence-corrected chi connectivity index (χ2v) is 5.38.